The summed E-state index contributed by atoms with van der Waals surface area (Å²) in [7, 11) is 0. The van der Waals surface area contributed by atoms with Crippen LogP contribution in [0, 0.1) is 6.07 Å². The van der Waals surface area contributed by atoms with Crippen LogP contribution >= 0.6 is 46.4 Å². The van der Waals surface area contributed by atoms with Crippen LogP contribution in [0.15, 0.2) is 97.1 Å². The molecule has 0 unspecified atom stereocenters. The van der Waals surface area contributed by atoms with Gasteiger partial charge in [-0.3, -0.25) is 0 Å². The molecule has 0 N–H and O–H groups in total. The van der Waals surface area contributed by atoms with Gasteiger partial charge >= 0.3 is 121 Å². The first-order valence-corrected chi connectivity index (χ1v) is 15.4. The molecular formula is C24H17Cl4Sn. The van der Waals surface area contributed by atoms with Crippen LogP contribution in [-0.2, 0) is 0 Å². The molecule has 4 rings (SSSR count). The molecule has 0 nitrogen and oxygen atoms in total. The van der Waals surface area contributed by atoms with E-state index in [1.54, 1.807) is 10.7 Å². The molecule has 0 atom stereocenters. The molecule has 0 saturated carbocycles. The molecule has 5 heteroatoms. The van der Waals surface area contributed by atoms with Crippen molar-refractivity contribution in [3.05, 3.63) is 123 Å². The number of hydrogen-bond acceptors (Lipinski definition) is 0. The second-order valence-corrected chi connectivity index (χ2v) is 16.0. The van der Waals surface area contributed by atoms with E-state index in [-0.39, 0.29) is 15.1 Å². The fourth-order valence-corrected chi connectivity index (χ4v) is 12.2. The molecule has 0 spiro atoms. The fourth-order valence-electron chi connectivity index (χ4n) is 2.97. The Morgan fingerprint density at radius 2 is 0.897 bits per heavy atom. The third-order valence-electron chi connectivity index (χ3n) is 4.32. The Balaban J connectivity index is 0.000000204. The zero-order valence-electron chi connectivity index (χ0n) is 15.3. The average molecular weight is 566 g/mol. The van der Waals surface area contributed by atoms with Crippen LogP contribution in [0.25, 0.3) is 0 Å². The molecule has 145 valence electrons. The molecular weight excluding hydrogens is 549 g/mol. The Bertz CT molecular complexity index is 918. The third kappa shape index (κ3) is 6.16. The van der Waals surface area contributed by atoms with Gasteiger partial charge in [0.1, 0.15) is 0 Å². The molecule has 29 heavy (non-hydrogen) atoms. The van der Waals surface area contributed by atoms with E-state index in [1.807, 2.05) is 0 Å². The zero-order valence-corrected chi connectivity index (χ0v) is 21.6. The van der Waals surface area contributed by atoms with E-state index in [0.717, 1.165) is 0 Å². The summed E-state index contributed by atoms with van der Waals surface area (Å²) in [6, 6.07) is 37.1. The van der Waals surface area contributed by atoms with Crippen molar-refractivity contribution in [1.82, 2.24) is 0 Å². The van der Waals surface area contributed by atoms with Crippen molar-refractivity contribution in [2.45, 2.75) is 0 Å². The summed E-state index contributed by atoms with van der Waals surface area (Å²) in [6.07, 6.45) is 0. The SMILES string of the molecule is Clc1[c]cc(Cl)c(Cl)c1Cl.c1cc[c]([SnH]([c]2ccccc2)[c]2ccccc2)cc1. The molecule has 1 radical (unpaired) electrons. The third-order valence-corrected chi connectivity index (χ3v) is 15.0. The molecule has 0 aliphatic heterocycles. The van der Waals surface area contributed by atoms with Gasteiger partial charge in [0, 0.05) is 6.07 Å². The topological polar surface area (TPSA) is 0 Å². The van der Waals surface area contributed by atoms with Crippen LogP contribution in [0.2, 0.25) is 20.1 Å². The molecule has 0 saturated heterocycles. The van der Waals surface area contributed by atoms with Gasteiger partial charge in [0.2, 0.25) is 0 Å². The normalized spacial score (nSPS) is 10.4. The standard InChI is InChI=1S/C6HCl4.3C6H5.Sn.H/c7-3-1-2-4(8)6(10)5(3)9;3*1-2-4-6-5-3-1;;/h1H;3*1-5H;;. The summed E-state index contributed by atoms with van der Waals surface area (Å²) in [6.45, 7) is 0. The average Bonchev–Trinajstić information content (AvgIpc) is 2.78. The van der Waals surface area contributed by atoms with E-state index in [4.69, 9.17) is 46.4 Å². The Hall–Kier alpha value is -1.16. The van der Waals surface area contributed by atoms with Gasteiger partial charge in [-0.25, -0.2) is 0 Å². The van der Waals surface area contributed by atoms with E-state index >= 15 is 0 Å². The summed E-state index contributed by atoms with van der Waals surface area (Å²) in [5, 5.41) is 1.16. The molecule has 0 fully saturated rings. The van der Waals surface area contributed by atoms with Crippen molar-refractivity contribution in [2.24, 2.45) is 0 Å². The van der Waals surface area contributed by atoms with E-state index in [9.17, 15) is 0 Å². The number of halogens is 4. The summed E-state index contributed by atoms with van der Waals surface area (Å²) < 4.78 is 4.63. The van der Waals surface area contributed by atoms with E-state index in [2.05, 4.69) is 97.1 Å². The van der Waals surface area contributed by atoms with Crippen molar-refractivity contribution >= 4 is 76.9 Å². The van der Waals surface area contributed by atoms with Crippen LogP contribution in [0.4, 0.5) is 0 Å². The first-order chi connectivity index (χ1) is 14.1. The van der Waals surface area contributed by atoms with Gasteiger partial charge in [0.25, 0.3) is 0 Å². The van der Waals surface area contributed by atoms with Gasteiger partial charge in [0.05, 0.1) is 20.1 Å². The van der Waals surface area contributed by atoms with Gasteiger partial charge < -0.3 is 0 Å². The molecule has 4 aromatic carbocycles. The summed E-state index contributed by atoms with van der Waals surface area (Å²) >= 11 is 20.2. The Morgan fingerprint density at radius 1 is 0.517 bits per heavy atom. The van der Waals surface area contributed by atoms with Gasteiger partial charge in [-0.15, -0.1) is 0 Å². The van der Waals surface area contributed by atoms with Crippen molar-refractivity contribution in [3.8, 4) is 0 Å². The van der Waals surface area contributed by atoms with E-state index in [1.165, 1.54) is 6.07 Å². The molecule has 0 heterocycles. The monoisotopic (exact) mass is 565 g/mol. The van der Waals surface area contributed by atoms with Gasteiger partial charge in [-0.2, -0.15) is 0 Å². The van der Waals surface area contributed by atoms with Gasteiger partial charge in [-0.1, -0.05) is 46.4 Å². The zero-order chi connectivity index (χ0) is 20.6. The summed E-state index contributed by atoms with van der Waals surface area (Å²) in [5.41, 5.74) is 0. The van der Waals surface area contributed by atoms with Crippen molar-refractivity contribution in [3.63, 3.8) is 0 Å². The van der Waals surface area contributed by atoms with Crippen molar-refractivity contribution in [1.29, 1.82) is 0 Å². The molecule has 0 amide bonds. The van der Waals surface area contributed by atoms with Crippen LogP contribution in [0.1, 0.15) is 0 Å². The maximum absolute atomic E-state index is 5.61. The second-order valence-electron chi connectivity index (χ2n) is 6.24. The molecule has 4 aromatic rings. The van der Waals surface area contributed by atoms with Gasteiger partial charge in [-0.05, 0) is 6.07 Å². The Morgan fingerprint density at radius 3 is 1.24 bits per heavy atom. The summed E-state index contributed by atoms with van der Waals surface area (Å²) in [5.74, 6) is 0. The fraction of sp³-hybridized carbons (Fsp3) is 0. The summed E-state index contributed by atoms with van der Waals surface area (Å²) in [4.78, 5) is 0. The first kappa shape index (κ1) is 22.5. The minimum absolute atomic E-state index is 0.246. The Kier molecular flexibility index (Phi) is 8.77. The van der Waals surface area contributed by atoms with Crippen molar-refractivity contribution < 1.29 is 0 Å². The Labute approximate surface area is 198 Å². The maximum atomic E-state index is 5.61. The van der Waals surface area contributed by atoms with Crippen LogP contribution in [0.3, 0.4) is 0 Å². The van der Waals surface area contributed by atoms with Crippen molar-refractivity contribution in [2.75, 3.05) is 0 Å². The molecule has 0 aliphatic carbocycles. The minimum atomic E-state index is -2.14. The molecule has 0 aliphatic rings. The predicted octanol–water partition coefficient (Wildman–Crippen LogP) is 6.04. The number of benzene rings is 4. The number of hydrogen-bond donors (Lipinski definition) is 0. The van der Waals surface area contributed by atoms with Crippen LogP contribution < -0.4 is 10.7 Å². The molecule has 0 aromatic heterocycles. The molecule has 0 bridgehead atoms. The number of rotatable bonds is 3. The quantitative estimate of drug-likeness (QED) is 0.162. The van der Waals surface area contributed by atoms with E-state index < -0.39 is 19.8 Å². The van der Waals surface area contributed by atoms with Gasteiger partial charge in [0.15, 0.2) is 0 Å². The van der Waals surface area contributed by atoms with Crippen LogP contribution in [0.5, 0.6) is 0 Å². The second kappa shape index (κ2) is 11.3. The van der Waals surface area contributed by atoms with Crippen LogP contribution in [-0.4, -0.2) is 19.8 Å². The first-order valence-electron chi connectivity index (χ1n) is 8.93. The van der Waals surface area contributed by atoms with E-state index in [0.29, 0.717) is 5.02 Å². The predicted molar refractivity (Wildman–Crippen MR) is 131 cm³/mol.